The largest absolute Gasteiger partial charge is 0.374 e. The van der Waals surface area contributed by atoms with Gasteiger partial charge in [0, 0.05) is 19.1 Å². The van der Waals surface area contributed by atoms with E-state index in [0.717, 1.165) is 11.6 Å². The first-order valence-corrected chi connectivity index (χ1v) is 4.85. The van der Waals surface area contributed by atoms with Gasteiger partial charge in [0.15, 0.2) is 0 Å². The fourth-order valence-corrected chi connectivity index (χ4v) is 1.91. The Bertz CT molecular complexity index is 290. The van der Waals surface area contributed by atoms with E-state index in [2.05, 4.69) is 15.5 Å². The quantitative estimate of drug-likeness (QED) is 0.624. The lowest BCUT2D eigenvalue weighted by Crippen LogP contribution is -2.23. The van der Waals surface area contributed by atoms with Gasteiger partial charge in [-0.2, -0.15) is 5.06 Å². The van der Waals surface area contributed by atoms with Gasteiger partial charge in [0.2, 0.25) is 10.3 Å². The number of rotatable bonds is 2. The van der Waals surface area contributed by atoms with Crippen LogP contribution < -0.4 is 11.1 Å². The van der Waals surface area contributed by atoms with Crippen LogP contribution in [-0.4, -0.2) is 39.6 Å². The second kappa shape index (κ2) is 3.44. The van der Waals surface area contributed by atoms with Gasteiger partial charge in [0.1, 0.15) is 0 Å². The lowest BCUT2D eigenvalue weighted by Gasteiger charge is -2.09. The fourth-order valence-electron chi connectivity index (χ4n) is 1.33. The zero-order valence-electron chi connectivity index (χ0n) is 6.97. The molecule has 1 fully saturated rings. The lowest BCUT2D eigenvalue weighted by atomic mass is 10.3. The number of anilines is 2. The highest BCUT2D eigenvalue weighted by molar-refractivity contribution is 7.18. The topological polar surface area (TPSA) is 87.3 Å². The molecule has 0 saturated carbocycles. The fraction of sp³-hybridized carbons (Fsp3) is 0.667. The van der Waals surface area contributed by atoms with Crippen molar-refractivity contribution in [3.8, 4) is 0 Å². The molecule has 2 heterocycles. The summed E-state index contributed by atoms with van der Waals surface area (Å²) in [6.45, 7) is 1.32. The average molecular weight is 201 g/mol. The Morgan fingerprint density at radius 3 is 3.00 bits per heavy atom. The van der Waals surface area contributed by atoms with E-state index in [1.807, 2.05) is 0 Å². The molecule has 1 aliphatic heterocycles. The standard InChI is InChI=1S/C6H11N5OS/c7-5-9-10-6(13-5)8-4-1-2-11(12)3-4/h4,12H,1-3H2,(H2,7,9)(H,8,10)/t4-/m1/s1. The normalized spacial score (nSPS) is 23.6. The van der Waals surface area contributed by atoms with Gasteiger partial charge >= 0.3 is 0 Å². The van der Waals surface area contributed by atoms with Crippen LogP contribution >= 0.6 is 11.3 Å². The number of nitrogens with two attached hydrogens (primary N) is 1. The van der Waals surface area contributed by atoms with E-state index >= 15 is 0 Å². The SMILES string of the molecule is Nc1nnc(N[C@@H]2CCN(O)C2)s1. The van der Waals surface area contributed by atoms with Crippen molar-refractivity contribution in [3.05, 3.63) is 0 Å². The molecule has 0 aromatic carbocycles. The smallest absolute Gasteiger partial charge is 0.207 e. The van der Waals surface area contributed by atoms with Gasteiger partial charge in [-0.15, -0.1) is 10.2 Å². The summed E-state index contributed by atoms with van der Waals surface area (Å²) < 4.78 is 0. The number of hydrogen-bond donors (Lipinski definition) is 3. The maximum absolute atomic E-state index is 9.12. The highest BCUT2D eigenvalue weighted by atomic mass is 32.1. The maximum atomic E-state index is 9.12. The summed E-state index contributed by atoms with van der Waals surface area (Å²) in [4.78, 5) is 0. The van der Waals surface area contributed by atoms with Crippen molar-refractivity contribution in [2.45, 2.75) is 12.5 Å². The molecular formula is C6H11N5OS. The van der Waals surface area contributed by atoms with Gasteiger partial charge in [0.25, 0.3) is 0 Å². The Kier molecular flexibility index (Phi) is 2.30. The summed E-state index contributed by atoms with van der Waals surface area (Å²) in [6.07, 6.45) is 0.913. The molecule has 0 radical (unpaired) electrons. The average Bonchev–Trinajstić information content (AvgIpc) is 2.62. The van der Waals surface area contributed by atoms with Crippen LogP contribution in [0, 0.1) is 0 Å². The second-order valence-electron chi connectivity index (χ2n) is 2.99. The third kappa shape index (κ3) is 2.06. The predicted molar refractivity (Wildman–Crippen MR) is 49.7 cm³/mol. The highest BCUT2D eigenvalue weighted by Crippen LogP contribution is 2.19. The van der Waals surface area contributed by atoms with Crippen molar-refractivity contribution in [3.63, 3.8) is 0 Å². The van der Waals surface area contributed by atoms with Crippen LogP contribution in [0.2, 0.25) is 0 Å². The molecule has 0 bridgehead atoms. The molecule has 6 nitrogen and oxygen atoms in total. The zero-order valence-corrected chi connectivity index (χ0v) is 7.79. The first kappa shape index (κ1) is 8.67. The molecule has 1 atom stereocenters. The molecule has 72 valence electrons. The number of hydroxylamine groups is 2. The Morgan fingerprint density at radius 2 is 2.46 bits per heavy atom. The summed E-state index contributed by atoms with van der Waals surface area (Å²) in [5.41, 5.74) is 5.43. The number of nitrogens with zero attached hydrogens (tertiary/aromatic N) is 3. The third-order valence-electron chi connectivity index (χ3n) is 1.94. The Morgan fingerprint density at radius 1 is 1.62 bits per heavy atom. The van der Waals surface area contributed by atoms with Crippen LogP contribution in [0.25, 0.3) is 0 Å². The number of aromatic nitrogens is 2. The van der Waals surface area contributed by atoms with E-state index in [4.69, 9.17) is 10.9 Å². The van der Waals surface area contributed by atoms with Gasteiger partial charge < -0.3 is 16.3 Å². The molecule has 1 saturated heterocycles. The van der Waals surface area contributed by atoms with Crippen molar-refractivity contribution in [2.75, 3.05) is 24.1 Å². The molecule has 0 unspecified atom stereocenters. The minimum atomic E-state index is 0.248. The number of hydrogen-bond acceptors (Lipinski definition) is 7. The van der Waals surface area contributed by atoms with Gasteiger partial charge in [-0.25, -0.2) is 0 Å². The van der Waals surface area contributed by atoms with Crippen LogP contribution in [0.1, 0.15) is 6.42 Å². The van der Waals surface area contributed by atoms with Crippen molar-refractivity contribution >= 4 is 21.6 Å². The van der Waals surface area contributed by atoms with E-state index in [1.165, 1.54) is 16.4 Å². The molecule has 1 aliphatic rings. The van der Waals surface area contributed by atoms with Gasteiger partial charge in [0.05, 0.1) is 0 Å². The molecular weight excluding hydrogens is 190 g/mol. The highest BCUT2D eigenvalue weighted by Gasteiger charge is 2.21. The summed E-state index contributed by atoms with van der Waals surface area (Å²) in [6, 6.07) is 0.248. The Hall–Kier alpha value is -0.920. The van der Waals surface area contributed by atoms with Crippen molar-refractivity contribution < 1.29 is 5.21 Å². The molecule has 0 aliphatic carbocycles. The minimum absolute atomic E-state index is 0.248. The summed E-state index contributed by atoms with van der Waals surface area (Å²) >= 11 is 1.32. The molecule has 2 rings (SSSR count). The van der Waals surface area contributed by atoms with Crippen LogP contribution in [0.3, 0.4) is 0 Å². The van der Waals surface area contributed by atoms with E-state index in [0.29, 0.717) is 18.2 Å². The summed E-state index contributed by atoms with van der Waals surface area (Å²) in [5, 5.41) is 22.3. The minimum Gasteiger partial charge on any atom is -0.374 e. The Labute approximate surface area is 79.3 Å². The van der Waals surface area contributed by atoms with Crippen molar-refractivity contribution in [1.82, 2.24) is 15.3 Å². The van der Waals surface area contributed by atoms with Crippen LogP contribution in [0.15, 0.2) is 0 Å². The third-order valence-corrected chi connectivity index (χ3v) is 2.62. The summed E-state index contributed by atoms with van der Waals surface area (Å²) in [7, 11) is 0. The first-order valence-electron chi connectivity index (χ1n) is 4.03. The van der Waals surface area contributed by atoms with Gasteiger partial charge in [-0.3, -0.25) is 0 Å². The molecule has 1 aromatic rings. The van der Waals surface area contributed by atoms with E-state index in [1.54, 1.807) is 0 Å². The van der Waals surface area contributed by atoms with Gasteiger partial charge in [-0.1, -0.05) is 11.3 Å². The summed E-state index contributed by atoms with van der Waals surface area (Å²) in [5.74, 6) is 0. The number of nitrogens with one attached hydrogen (secondary N) is 1. The molecule has 4 N–H and O–H groups in total. The zero-order chi connectivity index (χ0) is 9.26. The molecule has 7 heteroatoms. The van der Waals surface area contributed by atoms with Gasteiger partial charge in [-0.05, 0) is 6.42 Å². The maximum Gasteiger partial charge on any atom is 0.207 e. The lowest BCUT2D eigenvalue weighted by molar-refractivity contribution is -0.0685. The second-order valence-corrected chi connectivity index (χ2v) is 4.00. The molecule has 0 spiro atoms. The molecule has 13 heavy (non-hydrogen) atoms. The molecule has 0 amide bonds. The predicted octanol–water partition coefficient (Wildman–Crippen LogP) is -0.00430. The van der Waals surface area contributed by atoms with E-state index in [-0.39, 0.29) is 6.04 Å². The van der Waals surface area contributed by atoms with E-state index in [9.17, 15) is 0 Å². The Balaban J connectivity index is 1.91. The number of nitrogen functional groups attached to an aromatic ring is 1. The monoisotopic (exact) mass is 201 g/mol. The molecule has 1 aromatic heterocycles. The van der Waals surface area contributed by atoms with Crippen molar-refractivity contribution in [1.29, 1.82) is 0 Å². The van der Waals surface area contributed by atoms with Crippen LogP contribution in [-0.2, 0) is 0 Å². The van der Waals surface area contributed by atoms with Crippen LogP contribution in [0.5, 0.6) is 0 Å². The van der Waals surface area contributed by atoms with Crippen LogP contribution in [0.4, 0.5) is 10.3 Å². The first-order chi connectivity index (χ1) is 6.24. The van der Waals surface area contributed by atoms with E-state index < -0.39 is 0 Å². The van der Waals surface area contributed by atoms with Crippen molar-refractivity contribution in [2.24, 2.45) is 0 Å².